The number of esters is 1. The first-order valence-corrected chi connectivity index (χ1v) is 5.64. The number of carbonyl (C=O) groups excluding carboxylic acids is 1. The Morgan fingerprint density at radius 1 is 1.56 bits per heavy atom. The molecule has 1 unspecified atom stereocenters. The van der Waals surface area contributed by atoms with Gasteiger partial charge in [0.1, 0.15) is 5.75 Å². The maximum atomic E-state index is 11.9. The average molecular weight is 241 g/mol. The van der Waals surface area contributed by atoms with Gasteiger partial charge in [-0.3, -0.25) is 0 Å². The van der Waals surface area contributed by atoms with Gasteiger partial charge in [-0.1, -0.05) is 18.2 Å². The number of hydrogen-bond donors (Lipinski definition) is 0. The quantitative estimate of drug-likeness (QED) is 0.589. The maximum absolute atomic E-state index is 11.9. The first-order valence-electron chi connectivity index (χ1n) is 5.27. The molecule has 1 heterocycles. The first kappa shape index (κ1) is 11.3. The van der Waals surface area contributed by atoms with Crippen LogP contribution in [0, 0.1) is 0 Å². The van der Waals surface area contributed by atoms with Crippen LogP contribution in [-0.4, -0.2) is 19.2 Å². The fraction of sp³-hybridized carbons (Fsp3) is 0.417. The molecular formula is C12H13ClO3. The Labute approximate surface area is 99.3 Å². The van der Waals surface area contributed by atoms with E-state index in [1.54, 1.807) is 13.0 Å². The third-order valence-corrected chi connectivity index (χ3v) is 3.16. The average Bonchev–Trinajstić information content (AvgIpc) is 2.30. The summed E-state index contributed by atoms with van der Waals surface area (Å²) in [5.41, 5.74) is 0.696. The molecule has 16 heavy (non-hydrogen) atoms. The van der Waals surface area contributed by atoms with Gasteiger partial charge < -0.3 is 9.47 Å². The van der Waals surface area contributed by atoms with Gasteiger partial charge >= 0.3 is 5.97 Å². The molecule has 86 valence electrons. The molecule has 1 aromatic carbocycles. The number of benzene rings is 1. The highest BCUT2D eigenvalue weighted by Gasteiger charge is 2.44. The lowest BCUT2D eigenvalue weighted by atomic mass is 9.92. The molecule has 0 aromatic heterocycles. The molecule has 0 radical (unpaired) electrons. The standard InChI is InChI=1S/C12H13ClO3/c1-2-15-11(14)12(13)7-8-16-10-6-4-3-5-9(10)12/h3-6H,2,7-8H2,1H3. The van der Waals surface area contributed by atoms with Crippen molar-refractivity contribution in [1.29, 1.82) is 0 Å². The molecule has 4 heteroatoms. The van der Waals surface area contributed by atoms with Crippen LogP contribution in [0.4, 0.5) is 0 Å². The first-order chi connectivity index (χ1) is 7.68. The summed E-state index contributed by atoms with van der Waals surface area (Å²) in [4.78, 5) is 10.8. The fourth-order valence-corrected chi connectivity index (χ4v) is 2.10. The molecule has 0 N–H and O–H groups in total. The number of halogens is 1. The smallest absolute Gasteiger partial charge is 0.332 e. The van der Waals surface area contributed by atoms with E-state index < -0.39 is 10.8 Å². The van der Waals surface area contributed by atoms with Crippen molar-refractivity contribution in [1.82, 2.24) is 0 Å². The minimum Gasteiger partial charge on any atom is -0.493 e. The van der Waals surface area contributed by atoms with E-state index in [1.807, 2.05) is 18.2 Å². The van der Waals surface area contributed by atoms with E-state index >= 15 is 0 Å². The molecule has 1 aromatic rings. The summed E-state index contributed by atoms with van der Waals surface area (Å²) in [7, 11) is 0. The number of alkyl halides is 1. The summed E-state index contributed by atoms with van der Waals surface area (Å²) < 4.78 is 10.5. The molecule has 0 saturated heterocycles. The molecule has 0 saturated carbocycles. The van der Waals surface area contributed by atoms with Crippen molar-refractivity contribution in [3.8, 4) is 5.75 Å². The van der Waals surface area contributed by atoms with E-state index in [1.165, 1.54) is 0 Å². The van der Waals surface area contributed by atoms with Crippen LogP contribution in [0.25, 0.3) is 0 Å². The molecule has 0 spiro atoms. The van der Waals surface area contributed by atoms with Gasteiger partial charge in [0.2, 0.25) is 0 Å². The lowest BCUT2D eigenvalue weighted by molar-refractivity contribution is -0.147. The highest BCUT2D eigenvalue weighted by atomic mass is 35.5. The molecule has 1 aliphatic rings. The summed E-state index contributed by atoms with van der Waals surface area (Å²) in [5.74, 6) is 0.268. The number of para-hydroxylation sites is 1. The fourth-order valence-electron chi connectivity index (χ4n) is 1.81. The van der Waals surface area contributed by atoms with Gasteiger partial charge in [-0.25, -0.2) is 4.79 Å². The predicted molar refractivity (Wildman–Crippen MR) is 60.7 cm³/mol. The van der Waals surface area contributed by atoms with Gasteiger partial charge in [-0.15, -0.1) is 11.6 Å². The molecule has 3 nitrogen and oxygen atoms in total. The maximum Gasteiger partial charge on any atom is 0.332 e. The minimum absolute atomic E-state index is 0.330. The Balaban J connectivity index is 2.40. The van der Waals surface area contributed by atoms with Gasteiger partial charge in [0, 0.05) is 12.0 Å². The van der Waals surface area contributed by atoms with Gasteiger partial charge in [0.05, 0.1) is 13.2 Å². The number of rotatable bonds is 2. The van der Waals surface area contributed by atoms with E-state index in [0.717, 1.165) is 0 Å². The van der Waals surface area contributed by atoms with E-state index in [9.17, 15) is 4.79 Å². The van der Waals surface area contributed by atoms with Crippen molar-refractivity contribution < 1.29 is 14.3 Å². The van der Waals surface area contributed by atoms with Crippen LogP contribution in [0.5, 0.6) is 5.75 Å². The van der Waals surface area contributed by atoms with E-state index in [2.05, 4.69) is 0 Å². The zero-order valence-electron chi connectivity index (χ0n) is 9.03. The summed E-state index contributed by atoms with van der Waals surface area (Å²) >= 11 is 6.38. The lowest BCUT2D eigenvalue weighted by Crippen LogP contribution is -2.37. The van der Waals surface area contributed by atoms with Crippen LogP contribution in [-0.2, 0) is 14.4 Å². The second-order valence-corrected chi connectivity index (χ2v) is 4.26. The Hall–Kier alpha value is -1.22. The molecule has 0 amide bonds. The van der Waals surface area contributed by atoms with Gasteiger partial charge in [0.25, 0.3) is 0 Å². The van der Waals surface area contributed by atoms with Crippen molar-refractivity contribution in [3.05, 3.63) is 29.8 Å². The second-order valence-electron chi connectivity index (χ2n) is 3.62. The molecule has 1 atom stereocenters. The third-order valence-electron chi connectivity index (χ3n) is 2.62. The second kappa shape index (κ2) is 4.34. The Kier molecular flexibility index (Phi) is 3.06. The van der Waals surface area contributed by atoms with Crippen LogP contribution in [0.2, 0.25) is 0 Å². The van der Waals surface area contributed by atoms with Crippen molar-refractivity contribution in [2.45, 2.75) is 18.2 Å². The van der Waals surface area contributed by atoms with Crippen LogP contribution < -0.4 is 4.74 Å². The summed E-state index contributed by atoms with van der Waals surface area (Å²) in [5, 5.41) is 0. The summed E-state index contributed by atoms with van der Waals surface area (Å²) in [6, 6.07) is 7.31. The molecular weight excluding hydrogens is 228 g/mol. The van der Waals surface area contributed by atoms with Gasteiger partial charge in [0.15, 0.2) is 4.87 Å². The number of hydrogen-bond acceptors (Lipinski definition) is 3. The van der Waals surface area contributed by atoms with Gasteiger partial charge in [-0.05, 0) is 13.0 Å². The third kappa shape index (κ3) is 1.76. The Morgan fingerprint density at radius 3 is 3.06 bits per heavy atom. The normalized spacial score (nSPS) is 23.1. The predicted octanol–water partition coefficient (Wildman–Crippen LogP) is 2.47. The molecule has 2 rings (SSSR count). The summed E-state index contributed by atoms with van der Waals surface area (Å²) in [6.07, 6.45) is 0.435. The number of ether oxygens (including phenoxy) is 2. The van der Waals surface area contributed by atoms with Crippen LogP contribution in [0.15, 0.2) is 24.3 Å². The highest BCUT2D eigenvalue weighted by Crippen LogP contribution is 2.42. The van der Waals surface area contributed by atoms with Crippen molar-refractivity contribution in [2.24, 2.45) is 0 Å². The van der Waals surface area contributed by atoms with Crippen molar-refractivity contribution in [2.75, 3.05) is 13.2 Å². The molecule has 0 bridgehead atoms. The number of carbonyl (C=O) groups is 1. The van der Waals surface area contributed by atoms with E-state index in [4.69, 9.17) is 21.1 Å². The molecule has 0 aliphatic carbocycles. The lowest BCUT2D eigenvalue weighted by Gasteiger charge is -2.31. The van der Waals surface area contributed by atoms with Gasteiger partial charge in [-0.2, -0.15) is 0 Å². The SMILES string of the molecule is CCOC(=O)C1(Cl)CCOc2ccccc21. The topological polar surface area (TPSA) is 35.5 Å². The molecule has 0 fully saturated rings. The van der Waals surface area contributed by atoms with Crippen LogP contribution in [0.3, 0.4) is 0 Å². The molecule has 1 aliphatic heterocycles. The number of fused-ring (bicyclic) bond motifs is 1. The summed E-state index contributed by atoms with van der Waals surface area (Å²) in [6.45, 7) is 2.53. The zero-order valence-corrected chi connectivity index (χ0v) is 9.79. The van der Waals surface area contributed by atoms with E-state index in [0.29, 0.717) is 30.9 Å². The minimum atomic E-state index is -1.09. The zero-order chi connectivity index (χ0) is 11.6. The Bertz CT molecular complexity index is 405. The van der Waals surface area contributed by atoms with Crippen molar-refractivity contribution in [3.63, 3.8) is 0 Å². The largest absolute Gasteiger partial charge is 0.493 e. The van der Waals surface area contributed by atoms with Crippen LogP contribution >= 0.6 is 11.6 Å². The van der Waals surface area contributed by atoms with Crippen molar-refractivity contribution >= 4 is 17.6 Å². The van der Waals surface area contributed by atoms with E-state index in [-0.39, 0.29) is 0 Å². The monoisotopic (exact) mass is 240 g/mol. The highest BCUT2D eigenvalue weighted by molar-refractivity contribution is 6.34. The van der Waals surface area contributed by atoms with Crippen LogP contribution in [0.1, 0.15) is 18.9 Å². The Morgan fingerprint density at radius 2 is 2.31 bits per heavy atom.